The number of hydrogen-bond acceptors (Lipinski definition) is 3. The molecule has 0 bridgehead atoms. The molecule has 0 saturated carbocycles. The second-order valence-corrected chi connectivity index (χ2v) is 7.09. The van der Waals surface area contributed by atoms with Gasteiger partial charge in [-0.25, -0.2) is 5.43 Å². The molecule has 0 aliphatic heterocycles. The number of nitrogens with zero attached hydrogens (tertiary/aromatic N) is 1. The lowest BCUT2D eigenvalue weighted by Crippen LogP contribution is -2.57. The van der Waals surface area contributed by atoms with Crippen LogP contribution in [0.4, 0.5) is 36.4 Å². The number of nitrogens with one attached hydrogen (secondary N) is 2. The monoisotopic (exact) mass is 497 g/mol. The molecule has 2 aromatic rings. The third-order valence-electron chi connectivity index (χ3n) is 4.23. The molecule has 2 aromatic carbocycles. The number of hydrogen-bond donors (Lipinski definition) is 2. The van der Waals surface area contributed by atoms with Crippen molar-refractivity contribution < 1.29 is 40.3 Å². The molecule has 0 fully saturated rings. The van der Waals surface area contributed by atoms with Crippen LogP contribution >= 0.6 is 11.6 Å². The van der Waals surface area contributed by atoms with Crippen LogP contribution in [0, 0.1) is 0 Å². The molecular weight excluding hydrogens is 483 g/mol. The van der Waals surface area contributed by atoms with Crippen LogP contribution in [0.1, 0.15) is 18.1 Å². The third kappa shape index (κ3) is 6.01. The fraction of sp³-hybridized carbons (Fsp3) is 0.250. The molecule has 0 spiro atoms. The van der Waals surface area contributed by atoms with E-state index in [4.69, 9.17) is 11.6 Å². The lowest BCUT2D eigenvalue weighted by atomic mass is 10.1. The van der Waals surface area contributed by atoms with Gasteiger partial charge in [0.2, 0.25) is 5.91 Å². The van der Waals surface area contributed by atoms with Crippen LogP contribution in [0.15, 0.2) is 53.6 Å². The number of halogens is 8. The van der Waals surface area contributed by atoms with Crippen molar-refractivity contribution in [1.29, 1.82) is 0 Å². The zero-order valence-electron chi connectivity index (χ0n) is 16.6. The molecule has 0 aliphatic carbocycles. The van der Waals surface area contributed by atoms with E-state index >= 15 is 0 Å². The van der Waals surface area contributed by atoms with Crippen LogP contribution in [0.2, 0.25) is 5.02 Å². The van der Waals surface area contributed by atoms with Crippen LogP contribution in [-0.2, 0) is 16.0 Å². The Hall–Kier alpha value is -3.15. The molecule has 2 N–H and O–H groups in total. The molecule has 0 heterocycles. The highest BCUT2D eigenvalue weighted by Gasteiger charge is 2.76. The van der Waals surface area contributed by atoms with E-state index in [0.717, 1.165) is 12.1 Å². The van der Waals surface area contributed by atoms with E-state index in [0.29, 0.717) is 10.6 Å². The number of carbonyl (C=O) groups is 2. The van der Waals surface area contributed by atoms with Gasteiger partial charge in [0.25, 0.3) is 0 Å². The van der Waals surface area contributed by atoms with E-state index in [-0.39, 0.29) is 17.7 Å². The van der Waals surface area contributed by atoms with E-state index in [2.05, 4.69) is 10.5 Å². The van der Waals surface area contributed by atoms with Crippen LogP contribution in [0.3, 0.4) is 0 Å². The average molecular weight is 498 g/mol. The minimum atomic E-state index is -6.64. The van der Waals surface area contributed by atoms with Gasteiger partial charge in [0.05, 0.1) is 12.1 Å². The largest absolute Gasteiger partial charge is 0.460 e. The Morgan fingerprint density at radius 3 is 2.21 bits per heavy atom. The molecule has 0 aliphatic rings. The topological polar surface area (TPSA) is 70.6 Å². The summed E-state index contributed by atoms with van der Waals surface area (Å²) < 4.78 is 89.7. The van der Waals surface area contributed by atoms with Crippen molar-refractivity contribution in [2.75, 3.05) is 5.32 Å². The van der Waals surface area contributed by atoms with Crippen molar-refractivity contribution in [3.05, 3.63) is 64.7 Å². The molecule has 0 atom stereocenters. The molecule has 2 amide bonds. The second kappa shape index (κ2) is 9.77. The second-order valence-electron chi connectivity index (χ2n) is 6.68. The molecule has 5 nitrogen and oxygen atoms in total. The fourth-order valence-corrected chi connectivity index (χ4v) is 2.62. The van der Waals surface area contributed by atoms with Gasteiger partial charge in [-0.2, -0.15) is 35.8 Å². The van der Waals surface area contributed by atoms with Crippen molar-refractivity contribution >= 4 is 34.8 Å². The standard InChI is InChI=1S/C20H15ClF7N3O2/c1-11(30-31-16(32)10-13-5-2-3-8-15(13)21)12-6-4-7-14(9-12)29-17(33)18(22,23)19(24,25)20(26,27)28/h2-9H,10H2,1H3,(H,29,33)(H,31,32)/b30-11-. The van der Waals surface area contributed by atoms with Crippen LogP contribution in [-0.4, -0.2) is 35.5 Å². The Balaban J connectivity index is 2.11. The van der Waals surface area contributed by atoms with Gasteiger partial charge in [-0.1, -0.05) is 41.9 Å². The summed E-state index contributed by atoms with van der Waals surface area (Å²) in [6.07, 6.45) is -6.74. The number of rotatable bonds is 7. The molecule has 0 aromatic heterocycles. The van der Waals surface area contributed by atoms with Crippen LogP contribution in [0.5, 0.6) is 0 Å². The number of amides is 2. The molecular formula is C20H15ClF7N3O2. The van der Waals surface area contributed by atoms with E-state index < -0.39 is 35.5 Å². The first kappa shape index (κ1) is 26.1. The van der Waals surface area contributed by atoms with Gasteiger partial charge in [-0.05, 0) is 36.2 Å². The van der Waals surface area contributed by atoms with Crippen molar-refractivity contribution in [2.45, 2.75) is 31.4 Å². The smallest absolute Gasteiger partial charge is 0.321 e. The molecule has 0 saturated heterocycles. The maximum atomic E-state index is 13.5. The number of carbonyl (C=O) groups excluding carboxylic acids is 2. The fourth-order valence-electron chi connectivity index (χ4n) is 2.42. The van der Waals surface area contributed by atoms with Gasteiger partial charge in [0, 0.05) is 10.7 Å². The Bertz CT molecular complexity index is 1070. The number of alkyl halides is 7. The summed E-state index contributed by atoms with van der Waals surface area (Å²) in [6, 6.07) is 11.1. The predicted molar refractivity (Wildman–Crippen MR) is 107 cm³/mol. The van der Waals surface area contributed by atoms with E-state index in [1.165, 1.54) is 24.4 Å². The summed E-state index contributed by atoms with van der Waals surface area (Å²) >= 11 is 5.96. The van der Waals surface area contributed by atoms with Crippen LogP contribution < -0.4 is 10.7 Å². The summed E-state index contributed by atoms with van der Waals surface area (Å²) in [5, 5.41) is 5.50. The first-order valence-corrected chi connectivity index (χ1v) is 9.35. The van der Waals surface area contributed by atoms with Crippen molar-refractivity contribution in [1.82, 2.24) is 5.43 Å². The highest BCUT2D eigenvalue weighted by Crippen LogP contribution is 2.46. The summed E-state index contributed by atoms with van der Waals surface area (Å²) in [7, 11) is 0. The van der Waals surface area contributed by atoms with Gasteiger partial charge in [-0.15, -0.1) is 0 Å². The maximum Gasteiger partial charge on any atom is 0.460 e. The quantitative estimate of drug-likeness (QED) is 0.314. The predicted octanol–water partition coefficient (Wildman–Crippen LogP) is 5.19. The first-order chi connectivity index (χ1) is 15.2. The van der Waals surface area contributed by atoms with Crippen molar-refractivity contribution in [3.8, 4) is 0 Å². The summed E-state index contributed by atoms with van der Waals surface area (Å²) in [6.45, 7) is 1.39. The van der Waals surface area contributed by atoms with Gasteiger partial charge in [0.15, 0.2) is 0 Å². The van der Waals surface area contributed by atoms with Gasteiger partial charge in [0.1, 0.15) is 0 Å². The lowest BCUT2D eigenvalue weighted by Gasteiger charge is -2.27. The van der Waals surface area contributed by atoms with Crippen molar-refractivity contribution in [3.63, 3.8) is 0 Å². The summed E-state index contributed by atoms with van der Waals surface area (Å²) in [5.74, 6) is -16.0. The van der Waals surface area contributed by atoms with E-state index in [1.54, 1.807) is 24.3 Å². The van der Waals surface area contributed by atoms with Crippen molar-refractivity contribution in [2.24, 2.45) is 5.10 Å². The molecule has 178 valence electrons. The van der Waals surface area contributed by atoms with Gasteiger partial charge >= 0.3 is 23.9 Å². The SMILES string of the molecule is C/C(=N/NC(=O)Cc1ccccc1Cl)c1cccc(NC(=O)C(F)(F)C(F)(F)C(F)(F)F)c1. The average Bonchev–Trinajstić information content (AvgIpc) is 2.73. The molecule has 33 heavy (non-hydrogen) atoms. The highest BCUT2D eigenvalue weighted by molar-refractivity contribution is 6.31. The Morgan fingerprint density at radius 2 is 1.61 bits per heavy atom. The van der Waals surface area contributed by atoms with E-state index in [9.17, 15) is 40.3 Å². The number of anilines is 1. The Kier molecular flexibility index (Phi) is 7.73. The van der Waals surface area contributed by atoms with E-state index in [1.807, 2.05) is 0 Å². The minimum absolute atomic E-state index is 0.102. The molecule has 2 rings (SSSR count). The van der Waals surface area contributed by atoms with Gasteiger partial charge < -0.3 is 5.32 Å². The van der Waals surface area contributed by atoms with Crippen LogP contribution in [0.25, 0.3) is 0 Å². The summed E-state index contributed by atoms with van der Waals surface area (Å²) in [5.41, 5.74) is 2.54. The highest BCUT2D eigenvalue weighted by atomic mass is 35.5. The molecule has 0 unspecified atom stereocenters. The Labute approximate surface area is 187 Å². The normalized spacial score (nSPS) is 12.9. The minimum Gasteiger partial charge on any atom is -0.321 e. The summed E-state index contributed by atoms with van der Waals surface area (Å²) in [4.78, 5) is 23.5. The zero-order chi connectivity index (χ0) is 25.0. The van der Waals surface area contributed by atoms with Gasteiger partial charge in [-0.3, -0.25) is 9.59 Å². The molecule has 13 heteroatoms. The Morgan fingerprint density at radius 1 is 0.970 bits per heavy atom. The number of benzene rings is 2. The first-order valence-electron chi connectivity index (χ1n) is 8.97. The lowest BCUT2D eigenvalue weighted by molar-refractivity contribution is -0.343. The zero-order valence-corrected chi connectivity index (χ0v) is 17.4. The third-order valence-corrected chi connectivity index (χ3v) is 4.60. The maximum absolute atomic E-state index is 13.5. The number of hydrazone groups is 1. The molecule has 0 radical (unpaired) electrons.